The molecule has 0 spiro atoms. The molecule has 4 rings (SSSR count). The van der Waals surface area contributed by atoms with Crippen molar-refractivity contribution in [2.45, 2.75) is 20.8 Å². The summed E-state index contributed by atoms with van der Waals surface area (Å²) in [5.74, 6) is -2.16. The van der Waals surface area contributed by atoms with Crippen molar-refractivity contribution in [1.82, 2.24) is 9.38 Å². The number of hydrogen-bond donors (Lipinski definition) is 1. The number of nitrogens with zero attached hydrogens (tertiary/aromatic N) is 2. The fourth-order valence-corrected chi connectivity index (χ4v) is 5.13. The van der Waals surface area contributed by atoms with Crippen LogP contribution in [-0.2, 0) is 9.53 Å². The average Bonchev–Trinajstić information content (AvgIpc) is 3.42. The number of carbonyl (C=O) groups is 3. The highest BCUT2D eigenvalue weighted by atomic mass is 35.5. The molecule has 0 atom stereocenters. The van der Waals surface area contributed by atoms with E-state index in [2.05, 4.69) is 10.3 Å². The quantitative estimate of drug-likeness (QED) is 0.223. The van der Waals surface area contributed by atoms with Crippen molar-refractivity contribution in [3.05, 3.63) is 62.6 Å². The number of thiophene rings is 1. The molecule has 0 aliphatic rings. The highest BCUT2D eigenvalue weighted by molar-refractivity contribution is 7.17. The molecule has 0 aliphatic carbocycles. The van der Waals surface area contributed by atoms with Crippen LogP contribution in [0.2, 0.25) is 5.02 Å². The van der Waals surface area contributed by atoms with Crippen molar-refractivity contribution in [2.24, 2.45) is 0 Å². The van der Waals surface area contributed by atoms with Gasteiger partial charge in [0, 0.05) is 27.0 Å². The third-order valence-electron chi connectivity index (χ3n) is 4.89. The monoisotopic (exact) mass is 487 g/mol. The number of ether oxygens (including phenoxy) is 1. The maximum atomic E-state index is 13.3. The summed E-state index contributed by atoms with van der Waals surface area (Å²) < 4.78 is 6.71. The van der Waals surface area contributed by atoms with Crippen molar-refractivity contribution in [3.8, 4) is 11.3 Å². The summed E-state index contributed by atoms with van der Waals surface area (Å²) >= 11 is 8.56. The number of fused-ring (bicyclic) bond motifs is 1. The summed E-state index contributed by atoms with van der Waals surface area (Å²) in [7, 11) is 0. The van der Waals surface area contributed by atoms with Crippen LogP contribution in [0, 0.1) is 13.8 Å². The number of aryl methyl sites for hydroxylation is 1. The van der Waals surface area contributed by atoms with Crippen molar-refractivity contribution < 1.29 is 19.1 Å². The van der Waals surface area contributed by atoms with Gasteiger partial charge >= 0.3 is 5.97 Å². The van der Waals surface area contributed by atoms with Crippen LogP contribution >= 0.6 is 34.3 Å². The van der Waals surface area contributed by atoms with Gasteiger partial charge in [-0.1, -0.05) is 23.7 Å². The molecule has 0 saturated carbocycles. The molecule has 0 saturated heterocycles. The molecule has 3 heterocycles. The first-order chi connectivity index (χ1) is 15.3. The third-order valence-corrected chi connectivity index (χ3v) is 7.02. The number of nitrogens with one attached hydrogen (secondary N) is 1. The number of carbonyl (C=O) groups excluding carboxylic acids is 3. The Hall–Kier alpha value is -3.01. The number of esters is 1. The summed E-state index contributed by atoms with van der Waals surface area (Å²) in [6.45, 7) is 5.53. The van der Waals surface area contributed by atoms with E-state index in [1.54, 1.807) is 54.1 Å². The van der Waals surface area contributed by atoms with Crippen molar-refractivity contribution in [3.63, 3.8) is 0 Å². The number of hydrogen-bond acceptors (Lipinski definition) is 7. The van der Waals surface area contributed by atoms with Gasteiger partial charge in [0.15, 0.2) is 4.96 Å². The second kappa shape index (κ2) is 8.85. The van der Waals surface area contributed by atoms with Gasteiger partial charge < -0.3 is 10.1 Å². The predicted molar refractivity (Wildman–Crippen MR) is 126 cm³/mol. The topological polar surface area (TPSA) is 89.8 Å². The average molecular weight is 488 g/mol. The first-order valence-corrected chi connectivity index (χ1v) is 11.7. The lowest BCUT2D eigenvalue weighted by Crippen LogP contribution is -2.25. The van der Waals surface area contributed by atoms with Gasteiger partial charge in [0.05, 0.1) is 12.2 Å². The fraction of sp³-hybridized carbons (Fsp3) is 0.182. The lowest BCUT2D eigenvalue weighted by atomic mass is 10.1. The van der Waals surface area contributed by atoms with Crippen molar-refractivity contribution in [1.29, 1.82) is 0 Å². The number of thiazole rings is 1. The second-order valence-corrected chi connectivity index (χ2v) is 9.40. The van der Waals surface area contributed by atoms with Crippen LogP contribution in [0.4, 0.5) is 5.00 Å². The van der Waals surface area contributed by atoms with E-state index in [0.717, 1.165) is 4.88 Å². The Morgan fingerprint density at radius 1 is 1.19 bits per heavy atom. The van der Waals surface area contributed by atoms with E-state index in [0.29, 0.717) is 26.8 Å². The van der Waals surface area contributed by atoms with E-state index in [9.17, 15) is 14.4 Å². The molecular formula is C22H18ClN3O4S2. The number of aromatic nitrogens is 2. The summed E-state index contributed by atoms with van der Waals surface area (Å²) in [4.78, 5) is 44.7. The van der Waals surface area contributed by atoms with E-state index < -0.39 is 17.7 Å². The van der Waals surface area contributed by atoms with Gasteiger partial charge in [0.1, 0.15) is 16.4 Å². The maximum absolute atomic E-state index is 13.3. The smallest absolute Gasteiger partial charge is 0.341 e. The molecule has 7 nitrogen and oxygen atoms in total. The van der Waals surface area contributed by atoms with Crippen LogP contribution in [0.25, 0.3) is 16.2 Å². The van der Waals surface area contributed by atoms with Crippen LogP contribution < -0.4 is 5.32 Å². The first-order valence-electron chi connectivity index (χ1n) is 9.66. The van der Waals surface area contributed by atoms with E-state index in [1.165, 1.54) is 22.7 Å². The molecule has 0 aliphatic heterocycles. The SMILES string of the molecule is CCOC(=O)c1c(NC(=O)C(=O)c2c(-c3ccc(Cl)cc3)nc3sccn23)sc(C)c1C. The number of amides is 1. The zero-order valence-electron chi connectivity index (χ0n) is 17.4. The minimum absolute atomic E-state index is 0.142. The summed E-state index contributed by atoms with van der Waals surface area (Å²) in [6.07, 6.45) is 1.69. The number of rotatable bonds is 6. The summed E-state index contributed by atoms with van der Waals surface area (Å²) in [6, 6.07) is 6.88. The first kappa shape index (κ1) is 22.2. The minimum Gasteiger partial charge on any atom is -0.462 e. The molecule has 0 unspecified atom stereocenters. The van der Waals surface area contributed by atoms with E-state index >= 15 is 0 Å². The van der Waals surface area contributed by atoms with Gasteiger partial charge in [-0.2, -0.15) is 0 Å². The van der Waals surface area contributed by atoms with E-state index in [-0.39, 0.29) is 22.9 Å². The van der Waals surface area contributed by atoms with Crippen LogP contribution in [-0.4, -0.2) is 33.7 Å². The highest BCUT2D eigenvalue weighted by Crippen LogP contribution is 2.34. The van der Waals surface area contributed by atoms with Gasteiger partial charge in [-0.3, -0.25) is 14.0 Å². The van der Waals surface area contributed by atoms with Gasteiger partial charge in [-0.25, -0.2) is 9.78 Å². The number of anilines is 1. The third kappa shape index (κ3) is 3.94. The van der Waals surface area contributed by atoms with Crippen molar-refractivity contribution >= 4 is 61.9 Å². The standard InChI is InChI=1S/C22H18ClN3O4S2/c1-4-30-21(29)15-11(2)12(3)32-20(15)25-19(28)18(27)17-16(13-5-7-14(23)8-6-13)24-22-26(17)9-10-31-22/h5-10H,4H2,1-3H3,(H,25,28). The van der Waals surface area contributed by atoms with Crippen molar-refractivity contribution in [2.75, 3.05) is 11.9 Å². The van der Waals surface area contributed by atoms with Crippen LogP contribution in [0.15, 0.2) is 35.8 Å². The molecule has 10 heteroatoms. The summed E-state index contributed by atoms with van der Waals surface area (Å²) in [5.41, 5.74) is 2.17. The molecule has 32 heavy (non-hydrogen) atoms. The molecule has 0 fully saturated rings. The Labute approximate surface area is 196 Å². The zero-order chi connectivity index (χ0) is 23.0. The van der Waals surface area contributed by atoms with Gasteiger partial charge in [-0.05, 0) is 38.5 Å². The van der Waals surface area contributed by atoms with Crippen LogP contribution in [0.5, 0.6) is 0 Å². The largest absolute Gasteiger partial charge is 0.462 e. The molecule has 0 radical (unpaired) electrons. The molecule has 0 bridgehead atoms. The van der Waals surface area contributed by atoms with E-state index in [1.807, 2.05) is 6.92 Å². The van der Waals surface area contributed by atoms with Gasteiger partial charge in [0.25, 0.3) is 11.7 Å². The van der Waals surface area contributed by atoms with E-state index in [4.69, 9.17) is 16.3 Å². The lowest BCUT2D eigenvalue weighted by molar-refractivity contribution is -0.112. The molecule has 4 aromatic rings. The summed E-state index contributed by atoms with van der Waals surface area (Å²) in [5, 5.41) is 5.24. The Morgan fingerprint density at radius 2 is 1.91 bits per heavy atom. The lowest BCUT2D eigenvalue weighted by Gasteiger charge is -2.07. The Morgan fingerprint density at radius 3 is 2.59 bits per heavy atom. The number of ketones is 1. The maximum Gasteiger partial charge on any atom is 0.341 e. The molecule has 1 N–H and O–H groups in total. The Bertz CT molecular complexity index is 1350. The Kier molecular flexibility index (Phi) is 6.14. The Balaban J connectivity index is 1.72. The number of Topliss-reactive ketones (excluding diaryl/α,β-unsaturated/α-hetero) is 1. The number of imidazole rings is 1. The van der Waals surface area contributed by atoms with Gasteiger partial charge in [0.2, 0.25) is 0 Å². The molecule has 3 aromatic heterocycles. The van der Waals surface area contributed by atoms with Crippen LogP contribution in [0.1, 0.15) is 38.2 Å². The highest BCUT2D eigenvalue weighted by Gasteiger charge is 2.29. The fourth-order valence-electron chi connectivity index (χ4n) is 3.24. The number of benzene rings is 1. The zero-order valence-corrected chi connectivity index (χ0v) is 19.8. The molecule has 164 valence electrons. The second-order valence-electron chi connectivity index (χ2n) is 6.86. The predicted octanol–water partition coefficient (Wildman–Crippen LogP) is 5.39. The normalized spacial score (nSPS) is 11.0. The number of halogens is 1. The molecule has 1 amide bonds. The van der Waals surface area contributed by atoms with Gasteiger partial charge in [-0.15, -0.1) is 22.7 Å². The van der Waals surface area contributed by atoms with Crippen LogP contribution in [0.3, 0.4) is 0 Å². The minimum atomic E-state index is -0.861. The molecular weight excluding hydrogens is 470 g/mol. The molecule has 1 aromatic carbocycles.